The number of benzene rings is 2. The van der Waals surface area contributed by atoms with Gasteiger partial charge in [-0.3, -0.25) is 9.69 Å². The average molecular weight is 460 g/mol. The molecule has 0 spiro atoms. The van der Waals surface area contributed by atoms with Crippen molar-refractivity contribution in [3.8, 4) is 11.4 Å². The third kappa shape index (κ3) is 5.65. The van der Waals surface area contributed by atoms with E-state index in [2.05, 4.69) is 49.5 Å². The summed E-state index contributed by atoms with van der Waals surface area (Å²) in [7, 11) is 0. The fourth-order valence-corrected chi connectivity index (χ4v) is 4.88. The quantitative estimate of drug-likeness (QED) is 0.569. The van der Waals surface area contributed by atoms with E-state index in [0.717, 1.165) is 50.1 Å². The van der Waals surface area contributed by atoms with E-state index in [1.807, 2.05) is 30.3 Å². The first-order valence-electron chi connectivity index (χ1n) is 12.5. The van der Waals surface area contributed by atoms with Gasteiger partial charge in [0.25, 0.3) is 0 Å². The van der Waals surface area contributed by atoms with Gasteiger partial charge in [-0.25, -0.2) is 0 Å². The molecule has 34 heavy (non-hydrogen) atoms. The minimum Gasteiger partial charge on any atom is -0.372 e. The maximum absolute atomic E-state index is 12.7. The van der Waals surface area contributed by atoms with Crippen LogP contribution in [0.1, 0.15) is 43.6 Å². The Bertz CT molecular complexity index is 1050. The molecule has 2 aliphatic heterocycles. The topological polar surface area (TPSA) is 74.5 Å². The lowest BCUT2D eigenvalue weighted by atomic mass is 9.96. The van der Waals surface area contributed by atoms with Gasteiger partial charge in [0.15, 0.2) is 0 Å². The number of amides is 1. The maximum atomic E-state index is 12.7. The predicted molar refractivity (Wildman–Crippen MR) is 132 cm³/mol. The van der Waals surface area contributed by atoms with Crippen molar-refractivity contribution in [1.82, 2.24) is 20.4 Å². The molecule has 178 valence electrons. The van der Waals surface area contributed by atoms with Crippen molar-refractivity contribution in [2.24, 2.45) is 5.92 Å². The van der Waals surface area contributed by atoms with Gasteiger partial charge >= 0.3 is 0 Å². The first kappa shape index (κ1) is 22.6. The summed E-state index contributed by atoms with van der Waals surface area (Å²) in [5, 5.41) is 7.24. The minimum atomic E-state index is 0.0615. The van der Waals surface area contributed by atoms with Crippen LogP contribution in [0.5, 0.6) is 0 Å². The molecule has 0 radical (unpaired) electrons. The molecule has 3 aromatic rings. The van der Waals surface area contributed by atoms with Crippen molar-refractivity contribution < 1.29 is 9.32 Å². The Morgan fingerprint density at radius 3 is 2.41 bits per heavy atom. The highest BCUT2D eigenvalue weighted by Crippen LogP contribution is 2.22. The highest BCUT2D eigenvalue weighted by molar-refractivity contribution is 5.78. The Labute approximate surface area is 201 Å². The molecule has 0 aliphatic carbocycles. The van der Waals surface area contributed by atoms with Crippen LogP contribution in [0.3, 0.4) is 0 Å². The zero-order chi connectivity index (χ0) is 23.2. The molecule has 7 nitrogen and oxygen atoms in total. The van der Waals surface area contributed by atoms with Crippen LogP contribution in [-0.2, 0) is 17.9 Å². The van der Waals surface area contributed by atoms with E-state index in [1.54, 1.807) is 0 Å². The molecule has 5 rings (SSSR count). The number of likely N-dealkylation sites (tertiary alicyclic amines) is 1. The van der Waals surface area contributed by atoms with Gasteiger partial charge in [-0.1, -0.05) is 47.6 Å². The van der Waals surface area contributed by atoms with E-state index in [1.165, 1.54) is 24.9 Å². The number of piperidine rings is 2. The Morgan fingerprint density at radius 1 is 0.941 bits per heavy atom. The van der Waals surface area contributed by atoms with Crippen LogP contribution in [0.4, 0.5) is 5.69 Å². The van der Waals surface area contributed by atoms with Crippen LogP contribution < -0.4 is 10.2 Å². The zero-order valence-corrected chi connectivity index (χ0v) is 19.7. The van der Waals surface area contributed by atoms with E-state index in [4.69, 9.17) is 4.52 Å². The number of nitrogens with zero attached hydrogens (tertiary/aromatic N) is 4. The molecule has 0 saturated carbocycles. The third-order valence-electron chi connectivity index (χ3n) is 6.94. The average Bonchev–Trinajstić information content (AvgIpc) is 3.37. The van der Waals surface area contributed by atoms with Gasteiger partial charge < -0.3 is 14.7 Å². The summed E-state index contributed by atoms with van der Waals surface area (Å²) in [6, 6.07) is 18.5. The van der Waals surface area contributed by atoms with E-state index in [0.29, 0.717) is 24.8 Å². The highest BCUT2D eigenvalue weighted by Gasteiger charge is 2.26. The van der Waals surface area contributed by atoms with E-state index >= 15 is 0 Å². The van der Waals surface area contributed by atoms with Crippen LogP contribution >= 0.6 is 0 Å². The number of carbonyl (C=O) groups is 1. The van der Waals surface area contributed by atoms with Crippen molar-refractivity contribution in [2.45, 2.75) is 45.2 Å². The van der Waals surface area contributed by atoms with Gasteiger partial charge in [0.2, 0.25) is 17.6 Å². The van der Waals surface area contributed by atoms with Gasteiger partial charge in [-0.05, 0) is 62.9 Å². The van der Waals surface area contributed by atoms with Crippen LogP contribution in [0.15, 0.2) is 59.1 Å². The van der Waals surface area contributed by atoms with Crippen molar-refractivity contribution >= 4 is 11.6 Å². The summed E-state index contributed by atoms with van der Waals surface area (Å²) in [5.74, 6) is 1.46. The summed E-state index contributed by atoms with van der Waals surface area (Å²) < 4.78 is 5.45. The number of hydrogen-bond donors (Lipinski definition) is 1. The molecule has 1 aromatic heterocycles. The molecule has 0 unspecified atom stereocenters. The normalized spacial score (nSPS) is 17.6. The molecule has 7 heteroatoms. The summed E-state index contributed by atoms with van der Waals surface area (Å²) >= 11 is 0. The molecule has 2 aromatic carbocycles. The van der Waals surface area contributed by atoms with Crippen molar-refractivity contribution in [3.63, 3.8) is 0 Å². The first-order valence-corrected chi connectivity index (χ1v) is 12.5. The van der Waals surface area contributed by atoms with E-state index < -0.39 is 0 Å². The number of carbonyl (C=O) groups excluding carboxylic acids is 1. The summed E-state index contributed by atoms with van der Waals surface area (Å²) in [6.07, 6.45) is 5.59. The Kier molecular flexibility index (Phi) is 7.19. The van der Waals surface area contributed by atoms with Crippen molar-refractivity contribution in [1.29, 1.82) is 0 Å². The number of anilines is 1. The second-order valence-electron chi connectivity index (χ2n) is 9.36. The van der Waals surface area contributed by atoms with Gasteiger partial charge in [0.1, 0.15) is 0 Å². The van der Waals surface area contributed by atoms with Crippen LogP contribution in [0.2, 0.25) is 0 Å². The molecule has 0 bridgehead atoms. The molecule has 3 heterocycles. The summed E-state index contributed by atoms with van der Waals surface area (Å²) in [5.41, 5.74) is 3.39. The van der Waals surface area contributed by atoms with Crippen LogP contribution in [0.25, 0.3) is 11.4 Å². The first-order chi connectivity index (χ1) is 16.7. The van der Waals surface area contributed by atoms with Crippen molar-refractivity contribution in [2.75, 3.05) is 31.1 Å². The van der Waals surface area contributed by atoms with Gasteiger partial charge in [0.05, 0.1) is 6.54 Å². The molecular formula is C27H33N5O2. The van der Waals surface area contributed by atoms with Crippen LogP contribution in [-0.4, -0.2) is 47.1 Å². The van der Waals surface area contributed by atoms with Gasteiger partial charge in [-0.15, -0.1) is 0 Å². The second kappa shape index (κ2) is 10.8. The lowest BCUT2D eigenvalue weighted by molar-refractivity contribution is -0.126. The molecule has 1 N–H and O–H groups in total. The standard InChI is InChI=1S/C27H33N5O2/c33-27(28-19-21-9-11-24(12-10-21)32-15-5-2-6-16-32)23-13-17-31(18-14-23)20-25-29-26(30-34-25)22-7-3-1-4-8-22/h1,3-4,7-12,23H,2,5-6,13-20H2,(H,28,33). The molecular weight excluding hydrogens is 426 g/mol. The predicted octanol–water partition coefficient (Wildman–Crippen LogP) is 4.26. The summed E-state index contributed by atoms with van der Waals surface area (Å²) in [6.45, 7) is 5.21. The fraction of sp³-hybridized carbons (Fsp3) is 0.444. The Balaban J connectivity index is 1.05. The Hall–Kier alpha value is -3.19. The monoisotopic (exact) mass is 459 g/mol. The maximum Gasteiger partial charge on any atom is 0.241 e. The summed E-state index contributed by atoms with van der Waals surface area (Å²) in [4.78, 5) is 22.0. The molecule has 0 atom stereocenters. The van der Waals surface area contributed by atoms with E-state index in [9.17, 15) is 4.79 Å². The molecule has 2 aliphatic rings. The number of aromatic nitrogens is 2. The zero-order valence-electron chi connectivity index (χ0n) is 19.7. The van der Waals surface area contributed by atoms with Crippen LogP contribution in [0, 0.1) is 5.92 Å². The number of nitrogens with one attached hydrogen (secondary N) is 1. The SMILES string of the molecule is O=C(NCc1ccc(N2CCCCC2)cc1)C1CCN(Cc2nc(-c3ccccc3)no2)CC1. The lowest BCUT2D eigenvalue weighted by Crippen LogP contribution is -2.40. The third-order valence-corrected chi connectivity index (χ3v) is 6.94. The second-order valence-corrected chi connectivity index (χ2v) is 9.36. The lowest BCUT2D eigenvalue weighted by Gasteiger charge is -2.30. The molecule has 1 amide bonds. The number of rotatable bonds is 7. The largest absolute Gasteiger partial charge is 0.372 e. The van der Waals surface area contributed by atoms with Gasteiger partial charge in [-0.2, -0.15) is 4.98 Å². The Morgan fingerprint density at radius 2 is 1.68 bits per heavy atom. The van der Waals surface area contributed by atoms with Crippen molar-refractivity contribution in [3.05, 3.63) is 66.1 Å². The highest BCUT2D eigenvalue weighted by atomic mass is 16.5. The molecule has 2 fully saturated rings. The molecule has 2 saturated heterocycles. The fourth-order valence-electron chi connectivity index (χ4n) is 4.88. The number of hydrogen-bond acceptors (Lipinski definition) is 6. The van der Waals surface area contributed by atoms with E-state index in [-0.39, 0.29) is 11.8 Å². The minimum absolute atomic E-state index is 0.0615. The smallest absolute Gasteiger partial charge is 0.241 e. The van der Waals surface area contributed by atoms with Gasteiger partial charge in [0, 0.05) is 36.8 Å².